The predicted molar refractivity (Wildman–Crippen MR) is 85.2 cm³/mol. The number of azo groups is 1. The monoisotopic (exact) mass is 290 g/mol. The van der Waals surface area contributed by atoms with Crippen LogP contribution in [0.25, 0.3) is 5.69 Å². The Labute approximate surface area is 127 Å². The van der Waals surface area contributed by atoms with Crippen molar-refractivity contribution in [3.05, 3.63) is 82.8 Å². The van der Waals surface area contributed by atoms with Crippen LogP contribution in [-0.4, -0.2) is 9.78 Å². The van der Waals surface area contributed by atoms with Crippen LogP contribution >= 0.6 is 0 Å². The third kappa shape index (κ3) is 2.83. The maximum absolute atomic E-state index is 12.0. The Balaban J connectivity index is 2.05. The van der Waals surface area contributed by atoms with E-state index in [-0.39, 0.29) is 5.43 Å². The SMILES string of the molecule is Cc1c(N=Nc2ccccc2)c(=O)cnn1-c1ccccc1. The molecule has 3 aromatic rings. The lowest BCUT2D eigenvalue weighted by molar-refractivity contribution is 0.797. The molecule has 1 aromatic heterocycles. The molecular formula is C17H14N4O. The van der Waals surface area contributed by atoms with Crippen molar-refractivity contribution in [2.45, 2.75) is 6.92 Å². The lowest BCUT2D eigenvalue weighted by Crippen LogP contribution is -2.12. The Hall–Kier alpha value is -3.08. The summed E-state index contributed by atoms with van der Waals surface area (Å²) in [6.07, 6.45) is 1.26. The van der Waals surface area contributed by atoms with E-state index in [0.29, 0.717) is 17.1 Å². The number of aromatic nitrogens is 2. The summed E-state index contributed by atoms with van der Waals surface area (Å²) in [5.41, 5.74) is 2.27. The normalized spacial score (nSPS) is 11.0. The second kappa shape index (κ2) is 6.13. The Morgan fingerprint density at radius 3 is 2.23 bits per heavy atom. The van der Waals surface area contributed by atoms with Crippen molar-refractivity contribution in [1.82, 2.24) is 9.78 Å². The van der Waals surface area contributed by atoms with Gasteiger partial charge < -0.3 is 0 Å². The fourth-order valence-electron chi connectivity index (χ4n) is 2.09. The van der Waals surface area contributed by atoms with Crippen LogP contribution in [0.2, 0.25) is 0 Å². The Bertz CT molecular complexity index is 855. The van der Waals surface area contributed by atoms with E-state index in [0.717, 1.165) is 5.69 Å². The van der Waals surface area contributed by atoms with Crippen LogP contribution in [0.4, 0.5) is 11.4 Å². The first kappa shape index (κ1) is 13.9. The smallest absolute Gasteiger partial charge is 0.227 e. The van der Waals surface area contributed by atoms with Gasteiger partial charge in [-0.3, -0.25) is 4.79 Å². The number of hydrogen-bond donors (Lipinski definition) is 0. The molecule has 22 heavy (non-hydrogen) atoms. The van der Waals surface area contributed by atoms with Crippen LogP contribution < -0.4 is 5.43 Å². The molecule has 0 aliphatic rings. The lowest BCUT2D eigenvalue weighted by atomic mass is 10.3. The van der Waals surface area contributed by atoms with Gasteiger partial charge in [0, 0.05) is 0 Å². The quantitative estimate of drug-likeness (QED) is 0.685. The third-order valence-corrected chi connectivity index (χ3v) is 3.21. The van der Waals surface area contributed by atoms with E-state index in [1.807, 2.05) is 60.7 Å². The Kier molecular flexibility index (Phi) is 3.87. The fraction of sp³-hybridized carbons (Fsp3) is 0.0588. The maximum atomic E-state index is 12.0. The predicted octanol–water partition coefficient (Wildman–Crippen LogP) is 3.96. The van der Waals surface area contributed by atoms with Crippen molar-refractivity contribution in [2.24, 2.45) is 10.2 Å². The minimum atomic E-state index is -0.246. The molecule has 0 radical (unpaired) electrons. The van der Waals surface area contributed by atoms with Gasteiger partial charge in [-0.05, 0) is 31.2 Å². The van der Waals surface area contributed by atoms with Crippen molar-refractivity contribution in [3.63, 3.8) is 0 Å². The molecule has 3 rings (SSSR count). The van der Waals surface area contributed by atoms with Crippen LogP contribution in [0, 0.1) is 6.92 Å². The molecule has 0 fully saturated rings. The average Bonchev–Trinajstić information content (AvgIpc) is 2.56. The zero-order valence-electron chi connectivity index (χ0n) is 12.0. The molecule has 0 unspecified atom stereocenters. The molecule has 0 spiro atoms. The van der Waals surface area contributed by atoms with Crippen molar-refractivity contribution in [2.75, 3.05) is 0 Å². The van der Waals surface area contributed by atoms with E-state index in [1.54, 1.807) is 11.6 Å². The van der Waals surface area contributed by atoms with Gasteiger partial charge in [-0.2, -0.15) is 10.2 Å². The number of hydrogen-bond acceptors (Lipinski definition) is 4. The minimum Gasteiger partial charge on any atom is -0.286 e. The highest BCUT2D eigenvalue weighted by atomic mass is 16.1. The topological polar surface area (TPSA) is 59.6 Å². The van der Waals surface area contributed by atoms with E-state index in [4.69, 9.17) is 0 Å². The molecule has 0 saturated carbocycles. The molecule has 0 N–H and O–H groups in total. The summed E-state index contributed by atoms with van der Waals surface area (Å²) in [6, 6.07) is 18.9. The number of para-hydroxylation sites is 1. The molecule has 108 valence electrons. The molecule has 5 heteroatoms. The van der Waals surface area contributed by atoms with Gasteiger partial charge in [0.05, 0.1) is 23.3 Å². The maximum Gasteiger partial charge on any atom is 0.227 e. The van der Waals surface area contributed by atoms with Gasteiger partial charge >= 0.3 is 0 Å². The third-order valence-electron chi connectivity index (χ3n) is 3.21. The van der Waals surface area contributed by atoms with Gasteiger partial charge in [-0.25, -0.2) is 4.68 Å². The van der Waals surface area contributed by atoms with Gasteiger partial charge in [-0.1, -0.05) is 36.4 Å². The average molecular weight is 290 g/mol. The van der Waals surface area contributed by atoms with Gasteiger partial charge in [-0.15, -0.1) is 5.11 Å². The van der Waals surface area contributed by atoms with Crippen LogP contribution in [-0.2, 0) is 0 Å². The number of rotatable bonds is 3. The van der Waals surface area contributed by atoms with E-state index >= 15 is 0 Å². The zero-order valence-corrected chi connectivity index (χ0v) is 12.0. The van der Waals surface area contributed by atoms with Crippen LogP contribution in [0.15, 0.2) is 81.9 Å². The molecule has 0 bridgehead atoms. The van der Waals surface area contributed by atoms with Crippen molar-refractivity contribution in [1.29, 1.82) is 0 Å². The highest BCUT2D eigenvalue weighted by molar-refractivity contribution is 5.45. The summed E-state index contributed by atoms with van der Waals surface area (Å²) in [5, 5.41) is 12.4. The van der Waals surface area contributed by atoms with E-state index < -0.39 is 0 Å². The molecule has 0 aliphatic heterocycles. The van der Waals surface area contributed by atoms with Crippen molar-refractivity contribution in [3.8, 4) is 5.69 Å². The first-order valence-corrected chi connectivity index (χ1v) is 6.87. The van der Waals surface area contributed by atoms with Crippen molar-refractivity contribution < 1.29 is 0 Å². The van der Waals surface area contributed by atoms with Crippen molar-refractivity contribution >= 4 is 11.4 Å². The Morgan fingerprint density at radius 2 is 1.55 bits per heavy atom. The van der Waals surface area contributed by atoms with Crippen LogP contribution in [0.5, 0.6) is 0 Å². The summed E-state index contributed by atoms with van der Waals surface area (Å²) in [5.74, 6) is 0. The molecule has 2 aromatic carbocycles. The molecule has 5 nitrogen and oxygen atoms in total. The molecule has 1 heterocycles. The summed E-state index contributed by atoms with van der Waals surface area (Å²) >= 11 is 0. The van der Waals surface area contributed by atoms with E-state index in [2.05, 4.69) is 15.3 Å². The summed E-state index contributed by atoms with van der Waals surface area (Å²) in [6.45, 7) is 1.81. The number of benzene rings is 2. The zero-order chi connectivity index (χ0) is 15.4. The van der Waals surface area contributed by atoms with Crippen LogP contribution in [0.1, 0.15) is 5.69 Å². The second-order valence-electron chi connectivity index (χ2n) is 4.73. The van der Waals surface area contributed by atoms with Gasteiger partial charge in [0.2, 0.25) is 5.43 Å². The molecule has 0 saturated heterocycles. The fourth-order valence-corrected chi connectivity index (χ4v) is 2.09. The first-order chi connectivity index (χ1) is 10.8. The summed E-state index contributed by atoms with van der Waals surface area (Å²) in [4.78, 5) is 12.0. The van der Waals surface area contributed by atoms with E-state index in [9.17, 15) is 4.79 Å². The molecule has 0 atom stereocenters. The highest BCUT2D eigenvalue weighted by Gasteiger charge is 2.09. The van der Waals surface area contributed by atoms with Crippen LogP contribution in [0.3, 0.4) is 0 Å². The Morgan fingerprint density at radius 1 is 0.909 bits per heavy atom. The lowest BCUT2D eigenvalue weighted by Gasteiger charge is -2.09. The number of nitrogens with zero attached hydrogens (tertiary/aromatic N) is 4. The summed E-state index contributed by atoms with van der Waals surface area (Å²) < 4.78 is 1.68. The van der Waals surface area contributed by atoms with Gasteiger partial charge in [0.15, 0.2) is 5.69 Å². The highest BCUT2D eigenvalue weighted by Crippen LogP contribution is 2.19. The summed E-state index contributed by atoms with van der Waals surface area (Å²) in [7, 11) is 0. The molecular weight excluding hydrogens is 276 g/mol. The van der Waals surface area contributed by atoms with Gasteiger partial charge in [0.1, 0.15) is 0 Å². The largest absolute Gasteiger partial charge is 0.286 e. The molecule has 0 amide bonds. The standard InChI is InChI=1S/C17H14N4O/c1-13-17(20-19-14-8-4-2-5-9-14)16(22)12-18-21(13)15-10-6-3-7-11-15/h2-12H,1H3. The second-order valence-corrected chi connectivity index (χ2v) is 4.73. The first-order valence-electron chi connectivity index (χ1n) is 6.87. The van der Waals surface area contributed by atoms with Gasteiger partial charge in [0.25, 0.3) is 0 Å². The minimum absolute atomic E-state index is 0.246. The van der Waals surface area contributed by atoms with E-state index in [1.165, 1.54) is 6.20 Å². The molecule has 0 aliphatic carbocycles.